The van der Waals surface area contributed by atoms with Crippen molar-refractivity contribution in [3.63, 3.8) is 0 Å². The lowest BCUT2D eigenvalue weighted by molar-refractivity contribution is -0.145. The van der Waals surface area contributed by atoms with Crippen molar-refractivity contribution < 1.29 is 28.7 Å². The Morgan fingerprint density at radius 1 is 1.14 bits per heavy atom. The summed E-state index contributed by atoms with van der Waals surface area (Å²) < 4.78 is 9.99. The summed E-state index contributed by atoms with van der Waals surface area (Å²) in [5.41, 5.74) is 0.122. The third kappa shape index (κ3) is 9.25. The molecular formula is C27H39N3O6. The van der Waals surface area contributed by atoms with Crippen molar-refractivity contribution in [2.24, 2.45) is 5.92 Å². The van der Waals surface area contributed by atoms with Crippen molar-refractivity contribution in [2.45, 2.75) is 72.1 Å². The van der Waals surface area contributed by atoms with Gasteiger partial charge in [-0.25, -0.2) is 4.79 Å². The second-order valence-corrected chi connectivity index (χ2v) is 9.68. The van der Waals surface area contributed by atoms with E-state index in [1.54, 1.807) is 58.9 Å². The van der Waals surface area contributed by atoms with E-state index in [4.69, 9.17) is 11.2 Å². The van der Waals surface area contributed by atoms with Gasteiger partial charge in [0, 0.05) is 12.1 Å². The van der Waals surface area contributed by atoms with E-state index in [9.17, 15) is 19.2 Å². The first-order valence-electron chi connectivity index (χ1n) is 12.1. The summed E-state index contributed by atoms with van der Waals surface area (Å²) in [6.07, 6.45) is 6.33. The summed E-state index contributed by atoms with van der Waals surface area (Å²) in [4.78, 5) is 53.0. The first kappa shape index (κ1) is 30.5. The molecule has 0 aliphatic carbocycles. The van der Waals surface area contributed by atoms with Gasteiger partial charge in [-0.1, -0.05) is 51.3 Å². The number of nitrogens with one attached hydrogen (secondary N) is 2. The molecule has 0 fully saturated rings. The average Bonchev–Trinajstić information content (AvgIpc) is 2.81. The number of methoxy groups -OCH3 is 1. The van der Waals surface area contributed by atoms with Crippen LogP contribution >= 0.6 is 0 Å². The normalized spacial score (nSPS) is 12.6. The number of hydrogen-bond donors (Lipinski definition) is 2. The summed E-state index contributed by atoms with van der Waals surface area (Å²) in [6, 6.07) is 4.71. The van der Waals surface area contributed by atoms with Gasteiger partial charge in [0.25, 0.3) is 0 Å². The highest BCUT2D eigenvalue weighted by Gasteiger charge is 2.38. The summed E-state index contributed by atoms with van der Waals surface area (Å²) in [5.74, 6) is 0.570. The smallest absolute Gasteiger partial charge is 0.408 e. The van der Waals surface area contributed by atoms with Crippen LogP contribution in [0, 0.1) is 18.3 Å². The van der Waals surface area contributed by atoms with Gasteiger partial charge in [0.1, 0.15) is 24.2 Å². The fourth-order valence-corrected chi connectivity index (χ4v) is 3.47. The number of amides is 3. The maximum absolute atomic E-state index is 13.9. The molecule has 0 heterocycles. The number of carbonyl (C=O) groups is 4. The first-order valence-corrected chi connectivity index (χ1v) is 12.1. The van der Waals surface area contributed by atoms with Crippen LogP contribution in [0.15, 0.2) is 24.3 Å². The third-order valence-corrected chi connectivity index (χ3v) is 5.25. The second-order valence-electron chi connectivity index (χ2n) is 9.68. The van der Waals surface area contributed by atoms with Crippen molar-refractivity contribution >= 4 is 23.9 Å². The fraction of sp³-hybridized carbons (Fsp3) is 0.556. The summed E-state index contributed by atoms with van der Waals surface area (Å²) in [6.45, 7) is 10.6. The van der Waals surface area contributed by atoms with Gasteiger partial charge < -0.3 is 25.0 Å². The highest BCUT2D eigenvalue weighted by atomic mass is 16.6. The molecule has 0 aliphatic heterocycles. The summed E-state index contributed by atoms with van der Waals surface area (Å²) in [7, 11) is 1.21. The number of unbranched alkanes of at least 4 members (excludes halogenated alkanes) is 1. The van der Waals surface area contributed by atoms with E-state index < -0.39 is 41.6 Å². The van der Waals surface area contributed by atoms with Crippen molar-refractivity contribution in [1.82, 2.24) is 15.5 Å². The minimum absolute atomic E-state index is 0.226. The molecule has 0 aliphatic rings. The van der Waals surface area contributed by atoms with E-state index in [0.29, 0.717) is 17.5 Å². The Morgan fingerprint density at radius 3 is 2.31 bits per heavy atom. The predicted molar refractivity (Wildman–Crippen MR) is 137 cm³/mol. The van der Waals surface area contributed by atoms with Crippen LogP contribution in [0.2, 0.25) is 0 Å². The minimum atomic E-state index is -1.14. The zero-order valence-electron chi connectivity index (χ0n) is 22.3. The lowest BCUT2D eigenvalue weighted by Crippen LogP contribution is -2.55. The van der Waals surface area contributed by atoms with Gasteiger partial charge >= 0.3 is 12.1 Å². The van der Waals surface area contributed by atoms with Crippen molar-refractivity contribution in [3.8, 4) is 12.3 Å². The Hall–Kier alpha value is -3.54. The molecule has 198 valence electrons. The van der Waals surface area contributed by atoms with Gasteiger partial charge in [-0.3, -0.25) is 14.4 Å². The Labute approximate surface area is 214 Å². The predicted octanol–water partition coefficient (Wildman–Crippen LogP) is 3.18. The lowest BCUT2D eigenvalue weighted by Gasteiger charge is -2.36. The highest BCUT2D eigenvalue weighted by molar-refractivity contribution is 5.93. The molecule has 9 nitrogen and oxygen atoms in total. The number of carbonyl (C=O) groups excluding carboxylic acids is 4. The molecule has 0 radical (unpaired) electrons. The highest BCUT2D eigenvalue weighted by Crippen LogP contribution is 2.27. The molecule has 3 amide bonds. The lowest BCUT2D eigenvalue weighted by atomic mass is 9.95. The number of alkyl carbamates (subject to hydrolysis) is 1. The van der Waals surface area contributed by atoms with E-state index in [1.807, 2.05) is 6.92 Å². The molecule has 1 aromatic rings. The standard InChI is InChI=1S/C27H39N3O6/c1-9-11-16-30(25(33)22(18(3)4)29-26(34)36-27(5,6)7)23(24(32)28-17-21(31)35-8)20-15-13-12-14-19(20)10-2/h2,12-15,18,22-23H,9,11,16-17H2,1,3-8H3,(H,28,32)(H,29,34). The molecule has 0 saturated heterocycles. The number of benzene rings is 1. The van der Waals surface area contributed by atoms with Crippen LogP contribution in [-0.2, 0) is 23.9 Å². The van der Waals surface area contributed by atoms with Crippen molar-refractivity contribution in [3.05, 3.63) is 35.4 Å². The summed E-state index contributed by atoms with van der Waals surface area (Å²) >= 11 is 0. The van der Waals surface area contributed by atoms with Gasteiger partial charge in [-0.05, 0) is 44.7 Å². The summed E-state index contributed by atoms with van der Waals surface area (Å²) in [5, 5.41) is 5.21. The van der Waals surface area contributed by atoms with Crippen LogP contribution in [0.3, 0.4) is 0 Å². The Balaban J connectivity index is 3.52. The molecule has 2 unspecified atom stereocenters. The Kier molecular flexibility index (Phi) is 12.0. The second kappa shape index (κ2) is 14.1. The van der Waals surface area contributed by atoms with Crippen LogP contribution in [0.4, 0.5) is 4.79 Å². The van der Waals surface area contributed by atoms with Crippen LogP contribution in [-0.4, -0.2) is 60.6 Å². The quantitative estimate of drug-likeness (QED) is 0.356. The van der Waals surface area contributed by atoms with Gasteiger partial charge in [-0.2, -0.15) is 0 Å². The first-order chi connectivity index (χ1) is 16.9. The van der Waals surface area contributed by atoms with E-state index in [2.05, 4.69) is 21.3 Å². The third-order valence-electron chi connectivity index (χ3n) is 5.25. The van der Waals surface area contributed by atoms with Crippen LogP contribution in [0.25, 0.3) is 0 Å². The topological polar surface area (TPSA) is 114 Å². The zero-order chi connectivity index (χ0) is 27.5. The van der Waals surface area contributed by atoms with Gasteiger partial charge in [0.15, 0.2) is 0 Å². The van der Waals surface area contributed by atoms with E-state index >= 15 is 0 Å². The monoisotopic (exact) mass is 501 g/mol. The molecule has 2 atom stereocenters. The number of terminal acetylenes is 1. The van der Waals surface area contributed by atoms with Crippen LogP contribution in [0.5, 0.6) is 0 Å². The SMILES string of the molecule is C#Cc1ccccc1C(C(=O)NCC(=O)OC)N(CCCC)C(=O)C(NC(=O)OC(C)(C)C)C(C)C. The largest absolute Gasteiger partial charge is 0.468 e. The minimum Gasteiger partial charge on any atom is -0.468 e. The maximum Gasteiger partial charge on any atom is 0.408 e. The van der Waals surface area contributed by atoms with Gasteiger partial charge in [-0.15, -0.1) is 6.42 Å². The number of nitrogens with zero attached hydrogens (tertiary/aromatic N) is 1. The van der Waals surface area contributed by atoms with E-state index in [0.717, 1.165) is 6.42 Å². The number of ether oxygens (including phenoxy) is 2. The number of rotatable bonds is 11. The maximum atomic E-state index is 13.9. The van der Waals surface area contributed by atoms with Crippen LogP contribution < -0.4 is 10.6 Å². The molecule has 0 saturated carbocycles. The molecular weight excluding hydrogens is 462 g/mol. The Bertz CT molecular complexity index is 961. The molecule has 36 heavy (non-hydrogen) atoms. The molecule has 0 aromatic heterocycles. The van der Waals surface area contributed by atoms with Crippen LogP contribution in [0.1, 0.15) is 71.6 Å². The van der Waals surface area contributed by atoms with Gasteiger partial charge in [0.2, 0.25) is 11.8 Å². The molecule has 2 N–H and O–H groups in total. The Morgan fingerprint density at radius 2 is 1.78 bits per heavy atom. The average molecular weight is 502 g/mol. The van der Waals surface area contributed by atoms with E-state index in [1.165, 1.54) is 12.0 Å². The molecule has 0 bridgehead atoms. The van der Waals surface area contributed by atoms with Gasteiger partial charge in [0.05, 0.1) is 7.11 Å². The van der Waals surface area contributed by atoms with Crippen molar-refractivity contribution in [1.29, 1.82) is 0 Å². The number of esters is 1. The zero-order valence-corrected chi connectivity index (χ0v) is 22.3. The molecule has 9 heteroatoms. The fourth-order valence-electron chi connectivity index (χ4n) is 3.47. The number of hydrogen-bond acceptors (Lipinski definition) is 6. The van der Waals surface area contributed by atoms with E-state index in [-0.39, 0.29) is 19.0 Å². The molecule has 1 rings (SSSR count). The van der Waals surface area contributed by atoms with Crippen molar-refractivity contribution in [2.75, 3.05) is 20.2 Å². The molecule has 1 aromatic carbocycles. The molecule has 0 spiro atoms.